The van der Waals surface area contributed by atoms with E-state index in [4.69, 9.17) is 16.2 Å². The average Bonchev–Trinajstić information content (AvgIpc) is 3.93. The van der Waals surface area contributed by atoms with Crippen LogP contribution < -0.4 is 41.8 Å². The van der Waals surface area contributed by atoms with E-state index < -0.39 is 34.0 Å². The number of hydrogen-bond acceptors (Lipinski definition) is 15. The lowest BCUT2D eigenvalue weighted by Crippen LogP contribution is -2.30. The molecular weight excluding hydrogens is 892 g/mol. The fourth-order valence-electron chi connectivity index (χ4n) is 6.82. The number of methoxy groups -OCH3 is 1. The number of carbonyl (C=O) groups excluding carboxylic acids is 1. The number of aryl methyl sites for hydroxylation is 2. The SMILES string of the molecule is COc1nn(CCCCCCCCNS(=O)(=O)c2ccc(Nc3ncc(Br)c(Nc4cccc(F)c4C(N)=O)n3)cc2)cc1Nc1nc(N2C[C@@H](N)[C@H](F)C2)nc2c1ncn2C. The molecule has 23 heteroatoms. The standard InChI is InChI=1S/C39H46BrF2N15O4S/c1-55-22-46-32-35(52-39(53-36(32)55)56-19-27(42)28(43)20-56)50-30-21-57(54-37(30)61-2)17-8-6-4-3-5-7-16-47-62(59,60)24-14-12-23(13-15-24)48-38-45-18-25(40)34(51-38)49-29-11-9-10-26(41)31(29)33(44)58/h9-15,18,21-22,27-28,47H,3-8,16-17,19-20,43H2,1-2H3,(H2,44,58)(H,50,52,53)(H2,45,48,49,51)/t27-,28-/m1/s1. The number of benzene rings is 2. The molecule has 62 heavy (non-hydrogen) atoms. The first kappa shape index (κ1) is 44.0. The number of sulfonamides is 1. The first-order chi connectivity index (χ1) is 29.8. The first-order valence-corrected chi connectivity index (χ1v) is 22.0. The third-order valence-corrected chi connectivity index (χ3v) is 12.1. The summed E-state index contributed by atoms with van der Waals surface area (Å²) < 4.78 is 66.7. The molecule has 1 amide bonds. The molecule has 2 aromatic carbocycles. The topological polar surface area (TPSA) is 251 Å². The minimum Gasteiger partial charge on any atom is -0.478 e. The monoisotopic (exact) mass is 937 g/mol. The van der Waals surface area contributed by atoms with Crippen molar-refractivity contribution in [1.29, 1.82) is 0 Å². The summed E-state index contributed by atoms with van der Waals surface area (Å²) in [5.74, 6) is -0.115. The Labute approximate surface area is 364 Å². The van der Waals surface area contributed by atoms with E-state index in [9.17, 15) is 22.0 Å². The minimum atomic E-state index is -3.74. The number of amides is 1. The van der Waals surface area contributed by atoms with Crippen molar-refractivity contribution in [3.05, 3.63) is 77.0 Å². The van der Waals surface area contributed by atoms with Crippen LogP contribution in [0.1, 0.15) is 48.9 Å². The summed E-state index contributed by atoms with van der Waals surface area (Å²) in [7, 11) is -0.367. The minimum absolute atomic E-state index is 0.108. The number of fused-ring (bicyclic) bond motifs is 1. The number of aromatic nitrogens is 8. The van der Waals surface area contributed by atoms with Gasteiger partial charge in [-0.2, -0.15) is 15.0 Å². The van der Waals surface area contributed by atoms with E-state index in [0.717, 1.165) is 38.2 Å². The zero-order chi connectivity index (χ0) is 44.0. The van der Waals surface area contributed by atoms with Crippen LogP contribution in [-0.2, 0) is 23.6 Å². The van der Waals surface area contributed by atoms with E-state index in [2.05, 4.69) is 66.6 Å². The van der Waals surface area contributed by atoms with E-state index in [0.29, 0.717) is 70.7 Å². The number of ether oxygens (including phenoxy) is 1. The zero-order valence-corrected chi connectivity index (χ0v) is 36.3. The second-order valence-electron chi connectivity index (χ2n) is 14.6. The predicted molar refractivity (Wildman–Crippen MR) is 234 cm³/mol. The number of primary amides is 1. The molecular formula is C39H46BrF2N15O4S. The molecule has 0 unspecified atom stereocenters. The van der Waals surface area contributed by atoms with Crippen molar-refractivity contribution < 1.29 is 26.7 Å². The number of alkyl halides is 1. The van der Waals surface area contributed by atoms with Gasteiger partial charge in [0.1, 0.15) is 23.5 Å². The molecule has 0 aliphatic carbocycles. The van der Waals surface area contributed by atoms with Gasteiger partial charge in [-0.15, -0.1) is 5.10 Å². The molecule has 1 aliphatic heterocycles. The lowest BCUT2D eigenvalue weighted by Gasteiger charge is -2.16. The Morgan fingerprint density at radius 2 is 1.69 bits per heavy atom. The highest BCUT2D eigenvalue weighted by molar-refractivity contribution is 9.10. The Kier molecular flexibility index (Phi) is 13.7. The van der Waals surface area contributed by atoms with E-state index in [-0.39, 0.29) is 34.5 Å². The second kappa shape index (κ2) is 19.3. The first-order valence-electron chi connectivity index (χ1n) is 19.8. The van der Waals surface area contributed by atoms with Gasteiger partial charge in [-0.3, -0.25) is 9.48 Å². The number of hydrogen-bond donors (Lipinski definition) is 6. The fraction of sp³-hybridized carbons (Fsp3) is 0.359. The molecule has 0 spiro atoms. The van der Waals surface area contributed by atoms with Gasteiger partial charge >= 0.3 is 0 Å². The summed E-state index contributed by atoms with van der Waals surface area (Å²) in [6.45, 7) is 1.38. The van der Waals surface area contributed by atoms with E-state index >= 15 is 0 Å². The summed E-state index contributed by atoms with van der Waals surface area (Å²) in [5.41, 5.74) is 13.4. The molecule has 1 saturated heterocycles. The van der Waals surface area contributed by atoms with Crippen molar-refractivity contribution in [3.63, 3.8) is 0 Å². The van der Waals surface area contributed by atoms with Gasteiger partial charge in [0.25, 0.3) is 11.8 Å². The number of unbranched alkanes of at least 4 members (excludes halogenated alkanes) is 5. The smallest absolute Gasteiger partial charge is 0.256 e. The van der Waals surface area contributed by atoms with Crippen LogP contribution in [0.25, 0.3) is 11.2 Å². The van der Waals surface area contributed by atoms with Crippen LogP contribution in [0, 0.1) is 5.82 Å². The number of nitrogens with two attached hydrogens (primary N) is 2. The Bertz CT molecular complexity index is 2640. The number of anilines is 7. The van der Waals surface area contributed by atoms with Gasteiger partial charge in [0.05, 0.1) is 52.8 Å². The molecule has 0 radical (unpaired) electrons. The van der Waals surface area contributed by atoms with Crippen LogP contribution in [0.2, 0.25) is 0 Å². The molecule has 0 bridgehead atoms. The lowest BCUT2D eigenvalue weighted by molar-refractivity contribution is 0.0997. The van der Waals surface area contributed by atoms with Crippen LogP contribution in [0.3, 0.4) is 0 Å². The number of nitrogens with zero attached hydrogens (tertiary/aromatic N) is 9. The Morgan fingerprint density at radius 1 is 0.952 bits per heavy atom. The molecule has 1 aliphatic rings. The third-order valence-electron chi connectivity index (χ3n) is 10.1. The van der Waals surface area contributed by atoms with Crippen LogP contribution >= 0.6 is 15.9 Å². The number of nitrogens with one attached hydrogen (secondary N) is 4. The predicted octanol–water partition coefficient (Wildman–Crippen LogP) is 5.39. The van der Waals surface area contributed by atoms with Crippen molar-refractivity contribution in [2.45, 2.75) is 62.2 Å². The number of halogens is 3. The van der Waals surface area contributed by atoms with Crippen LogP contribution in [0.15, 0.2) is 70.6 Å². The molecule has 19 nitrogen and oxygen atoms in total. The molecule has 8 N–H and O–H groups in total. The van der Waals surface area contributed by atoms with Gasteiger partial charge in [0.2, 0.25) is 21.9 Å². The Morgan fingerprint density at radius 3 is 2.42 bits per heavy atom. The van der Waals surface area contributed by atoms with Gasteiger partial charge in [-0.25, -0.2) is 31.9 Å². The molecule has 2 atom stereocenters. The largest absolute Gasteiger partial charge is 0.478 e. The average molecular weight is 939 g/mol. The second-order valence-corrected chi connectivity index (χ2v) is 17.3. The van der Waals surface area contributed by atoms with E-state index in [1.807, 2.05) is 17.9 Å². The van der Waals surface area contributed by atoms with Gasteiger partial charge in [-0.1, -0.05) is 31.7 Å². The number of rotatable bonds is 20. The lowest BCUT2D eigenvalue weighted by atomic mass is 10.1. The Balaban J connectivity index is 0.832. The van der Waals surface area contributed by atoms with E-state index in [1.54, 1.807) is 35.0 Å². The summed E-state index contributed by atoms with van der Waals surface area (Å²) >= 11 is 3.34. The van der Waals surface area contributed by atoms with Gasteiger partial charge in [-0.05, 0) is 65.2 Å². The highest BCUT2D eigenvalue weighted by atomic mass is 79.9. The zero-order valence-electron chi connectivity index (χ0n) is 33.9. The van der Waals surface area contributed by atoms with Crippen molar-refractivity contribution >= 4 is 83.6 Å². The molecule has 6 aromatic rings. The highest BCUT2D eigenvalue weighted by Gasteiger charge is 2.32. The normalized spacial score (nSPS) is 15.3. The maximum atomic E-state index is 14.3. The molecule has 1 fully saturated rings. The van der Waals surface area contributed by atoms with E-state index in [1.165, 1.54) is 30.5 Å². The quantitative estimate of drug-likeness (QED) is 0.0525. The Hall–Kier alpha value is -6.04. The summed E-state index contributed by atoms with van der Waals surface area (Å²) in [5, 5.41) is 13.8. The molecule has 328 valence electrons. The number of imidazole rings is 1. The van der Waals surface area contributed by atoms with Crippen molar-refractivity contribution in [3.8, 4) is 5.88 Å². The molecule has 0 saturated carbocycles. The van der Waals surface area contributed by atoms with Crippen molar-refractivity contribution in [1.82, 2.24) is 44.0 Å². The summed E-state index contributed by atoms with van der Waals surface area (Å²) in [6, 6.07) is 9.57. The molecule has 4 aromatic heterocycles. The summed E-state index contributed by atoms with van der Waals surface area (Å²) in [4.78, 5) is 36.0. The third kappa shape index (κ3) is 10.3. The van der Waals surface area contributed by atoms with Crippen LogP contribution in [0.4, 0.5) is 49.4 Å². The van der Waals surface area contributed by atoms with Crippen molar-refractivity contribution in [2.75, 3.05) is 47.6 Å². The highest BCUT2D eigenvalue weighted by Crippen LogP contribution is 2.32. The van der Waals surface area contributed by atoms with Gasteiger partial charge in [0.15, 0.2) is 17.0 Å². The van der Waals surface area contributed by atoms with Gasteiger partial charge in [0, 0.05) is 38.6 Å². The number of carbonyl (C=O) groups is 1. The maximum absolute atomic E-state index is 14.3. The van der Waals surface area contributed by atoms with Crippen molar-refractivity contribution in [2.24, 2.45) is 18.5 Å². The maximum Gasteiger partial charge on any atom is 0.256 e. The van der Waals surface area contributed by atoms with Gasteiger partial charge < -0.3 is 41.6 Å². The summed E-state index contributed by atoms with van der Waals surface area (Å²) in [6.07, 6.45) is 9.10. The molecule has 7 rings (SSSR count). The fourth-order valence-corrected chi connectivity index (χ4v) is 8.19. The van der Waals surface area contributed by atoms with Crippen LogP contribution in [-0.4, -0.2) is 92.6 Å². The molecule has 5 heterocycles. The van der Waals surface area contributed by atoms with Crippen LogP contribution in [0.5, 0.6) is 5.88 Å².